The van der Waals surface area contributed by atoms with E-state index in [9.17, 15) is 4.79 Å². The van der Waals surface area contributed by atoms with E-state index in [2.05, 4.69) is 5.32 Å². The van der Waals surface area contributed by atoms with E-state index < -0.39 is 5.41 Å². The first kappa shape index (κ1) is 15.9. The molecule has 1 N–H and O–H groups in total. The van der Waals surface area contributed by atoms with Crippen LogP contribution in [0.5, 0.6) is 5.75 Å². The molecule has 27 heavy (non-hydrogen) atoms. The molecule has 1 fully saturated rings. The standard InChI is InChI=1S/C23H19NO3/c1-26-21-13-17-16-9-5-6-10-19(16)27-20(17)14-18(21)24-22(25)23(11-12-23)15-7-3-2-4-8-15/h2-10,13-14H,11-12H2,1H3,(H,24,25). The summed E-state index contributed by atoms with van der Waals surface area (Å²) in [4.78, 5) is 13.1. The second kappa shape index (κ2) is 5.88. The summed E-state index contributed by atoms with van der Waals surface area (Å²) in [5.41, 5.74) is 2.81. The van der Waals surface area contributed by atoms with Crippen LogP contribution in [0.3, 0.4) is 0 Å². The fourth-order valence-corrected chi connectivity index (χ4v) is 3.79. The molecule has 0 bridgehead atoms. The first-order chi connectivity index (χ1) is 13.2. The number of amides is 1. The molecule has 0 atom stereocenters. The second-order valence-electron chi connectivity index (χ2n) is 7.05. The maximum absolute atomic E-state index is 13.1. The number of rotatable bonds is 4. The Hall–Kier alpha value is -3.27. The van der Waals surface area contributed by atoms with E-state index in [0.29, 0.717) is 11.4 Å². The van der Waals surface area contributed by atoms with Crippen LogP contribution in [0, 0.1) is 0 Å². The van der Waals surface area contributed by atoms with Gasteiger partial charge in [-0.25, -0.2) is 0 Å². The highest BCUT2D eigenvalue weighted by Crippen LogP contribution is 2.49. The highest BCUT2D eigenvalue weighted by atomic mass is 16.5. The summed E-state index contributed by atoms with van der Waals surface area (Å²) in [5, 5.41) is 5.09. The summed E-state index contributed by atoms with van der Waals surface area (Å²) in [6.45, 7) is 0. The minimum atomic E-state index is -0.435. The maximum atomic E-state index is 13.1. The van der Waals surface area contributed by atoms with Gasteiger partial charge in [0.15, 0.2) is 0 Å². The Morgan fingerprint density at radius 2 is 1.70 bits per heavy atom. The molecule has 4 aromatic rings. The van der Waals surface area contributed by atoms with Crippen LogP contribution < -0.4 is 10.1 Å². The molecule has 5 rings (SSSR count). The number of para-hydroxylation sites is 1. The van der Waals surface area contributed by atoms with Crippen LogP contribution in [0.25, 0.3) is 21.9 Å². The van der Waals surface area contributed by atoms with Gasteiger partial charge < -0.3 is 14.5 Å². The molecule has 1 aromatic heterocycles. The monoisotopic (exact) mass is 357 g/mol. The van der Waals surface area contributed by atoms with Gasteiger partial charge in [-0.3, -0.25) is 4.79 Å². The van der Waals surface area contributed by atoms with Gasteiger partial charge in [0, 0.05) is 16.8 Å². The van der Waals surface area contributed by atoms with Crippen molar-refractivity contribution in [2.75, 3.05) is 12.4 Å². The van der Waals surface area contributed by atoms with Crippen molar-refractivity contribution in [1.29, 1.82) is 0 Å². The highest BCUT2D eigenvalue weighted by Gasteiger charge is 2.51. The van der Waals surface area contributed by atoms with Crippen LogP contribution >= 0.6 is 0 Å². The lowest BCUT2D eigenvalue weighted by Gasteiger charge is -2.17. The number of hydrogen-bond acceptors (Lipinski definition) is 3. The summed E-state index contributed by atoms with van der Waals surface area (Å²) in [6, 6.07) is 21.6. The third kappa shape index (κ3) is 2.48. The average molecular weight is 357 g/mol. The zero-order valence-electron chi connectivity index (χ0n) is 15.0. The smallest absolute Gasteiger partial charge is 0.235 e. The minimum Gasteiger partial charge on any atom is -0.495 e. The number of carbonyl (C=O) groups is 1. The molecule has 3 aromatic carbocycles. The van der Waals surface area contributed by atoms with Gasteiger partial charge in [0.1, 0.15) is 16.9 Å². The normalized spacial score (nSPS) is 15.0. The summed E-state index contributed by atoms with van der Waals surface area (Å²) < 4.78 is 11.5. The number of nitrogens with one attached hydrogen (secondary N) is 1. The first-order valence-electron chi connectivity index (χ1n) is 9.07. The first-order valence-corrected chi connectivity index (χ1v) is 9.07. The molecule has 1 amide bonds. The van der Waals surface area contributed by atoms with E-state index >= 15 is 0 Å². The molecule has 1 heterocycles. The largest absolute Gasteiger partial charge is 0.495 e. The van der Waals surface area contributed by atoms with E-state index in [0.717, 1.165) is 40.3 Å². The molecular formula is C23H19NO3. The number of furan rings is 1. The van der Waals surface area contributed by atoms with Crippen molar-refractivity contribution in [3.8, 4) is 5.75 Å². The molecule has 0 saturated heterocycles. The van der Waals surface area contributed by atoms with Gasteiger partial charge in [-0.15, -0.1) is 0 Å². The molecule has 0 spiro atoms. The Labute approximate surface area is 156 Å². The molecule has 1 aliphatic carbocycles. The second-order valence-corrected chi connectivity index (χ2v) is 7.05. The van der Waals surface area contributed by atoms with E-state index in [1.807, 2.05) is 66.7 Å². The summed E-state index contributed by atoms with van der Waals surface area (Å²) in [5.74, 6) is 0.633. The van der Waals surface area contributed by atoms with Crippen LogP contribution in [0.2, 0.25) is 0 Å². The van der Waals surface area contributed by atoms with Crippen molar-refractivity contribution >= 4 is 33.5 Å². The maximum Gasteiger partial charge on any atom is 0.235 e. The van der Waals surface area contributed by atoms with Gasteiger partial charge in [-0.05, 0) is 30.5 Å². The third-order valence-corrected chi connectivity index (χ3v) is 5.46. The summed E-state index contributed by atoms with van der Waals surface area (Å²) in [7, 11) is 1.61. The number of hydrogen-bond donors (Lipinski definition) is 1. The van der Waals surface area contributed by atoms with Crippen molar-refractivity contribution in [3.05, 3.63) is 72.3 Å². The van der Waals surface area contributed by atoms with Crippen molar-refractivity contribution in [3.63, 3.8) is 0 Å². The van der Waals surface area contributed by atoms with Gasteiger partial charge in [0.2, 0.25) is 5.91 Å². The van der Waals surface area contributed by atoms with Crippen LogP contribution in [-0.4, -0.2) is 13.0 Å². The van der Waals surface area contributed by atoms with Crippen LogP contribution in [-0.2, 0) is 10.2 Å². The molecular weight excluding hydrogens is 338 g/mol. The summed E-state index contributed by atoms with van der Waals surface area (Å²) in [6.07, 6.45) is 1.72. The van der Waals surface area contributed by atoms with Crippen LogP contribution in [0.1, 0.15) is 18.4 Å². The predicted molar refractivity (Wildman–Crippen MR) is 106 cm³/mol. The predicted octanol–water partition coefficient (Wildman–Crippen LogP) is 5.26. The summed E-state index contributed by atoms with van der Waals surface area (Å²) >= 11 is 0. The van der Waals surface area contributed by atoms with E-state index in [-0.39, 0.29) is 5.91 Å². The van der Waals surface area contributed by atoms with Gasteiger partial charge in [-0.2, -0.15) is 0 Å². The lowest BCUT2D eigenvalue weighted by Crippen LogP contribution is -2.27. The van der Waals surface area contributed by atoms with Gasteiger partial charge in [0.05, 0.1) is 18.2 Å². The van der Waals surface area contributed by atoms with Crippen LogP contribution in [0.15, 0.2) is 71.1 Å². The van der Waals surface area contributed by atoms with Crippen molar-refractivity contribution in [2.24, 2.45) is 0 Å². The fraction of sp³-hybridized carbons (Fsp3) is 0.174. The van der Waals surface area contributed by atoms with Crippen molar-refractivity contribution in [1.82, 2.24) is 0 Å². The topological polar surface area (TPSA) is 51.5 Å². The average Bonchev–Trinajstić information content (AvgIpc) is 3.45. The molecule has 0 unspecified atom stereocenters. The zero-order valence-corrected chi connectivity index (χ0v) is 15.0. The lowest BCUT2D eigenvalue weighted by molar-refractivity contribution is -0.118. The van der Waals surface area contributed by atoms with E-state index in [1.54, 1.807) is 7.11 Å². The Balaban J connectivity index is 1.55. The van der Waals surface area contributed by atoms with E-state index in [4.69, 9.17) is 9.15 Å². The molecule has 1 aliphatic rings. The third-order valence-electron chi connectivity index (χ3n) is 5.46. The molecule has 4 heteroatoms. The molecule has 1 saturated carbocycles. The minimum absolute atomic E-state index is 0.00228. The van der Waals surface area contributed by atoms with Crippen LogP contribution in [0.4, 0.5) is 5.69 Å². The Bertz CT molecular complexity index is 1160. The number of methoxy groups -OCH3 is 1. The number of ether oxygens (including phenoxy) is 1. The quantitative estimate of drug-likeness (QED) is 0.542. The number of fused-ring (bicyclic) bond motifs is 3. The molecule has 134 valence electrons. The van der Waals surface area contributed by atoms with E-state index in [1.165, 1.54) is 0 Å². The Morgan fingerprint density at radius 3 is 2.44 bits per heavy atom. The molecule has 0 radical (unpaired) electrons. The van der Waals surface area contributed by atoms with Gasteiger partial charge >= 0.3 is 0 Å². The number of carbonyl (C=O) groups excluding carboxylic acids is 1. The van der Waals surface area contributed by atoms with Crippen molar-refractivity contribution < 1.29 is 13.9 Å². The SMILES string of the molecule is COc1cc2c(cc1NC(=O)C1(c3ccccc3)CC1)oc1ccccc12. The Kier molecular flexibility index (Phi) is 3.47. The van der Waals surface area contributed by atoms with Gasteiger partial charge in [0.25, 0.3) is 0 Å². The zero-order chi connectivity index (χ0) is 18.4. The number of anilines is 1. The fourth-order valence-electron chi connectivity index (χ4n) is 3.79. The number of benzene rings is 3. The van der Waals surface area contributed by atoms with Gasteiger partial charge in [-0.1, -0.05) is 48.5 Å². The molecule has 4 nitrogen and oxygen atoms in total. The molecule has 0 aliphatic heterocycles. The lowest BCUT2D eigenvalue weighted by atomic mass is 9.95. The highest BCUT2D eigenvalue weighted by molar-refractivity contribution is 6.09. The van der Waals surface area contributed by atoms with Crippen molar-refractivity contribution in [2.45, 2.75) is 18.3 Å². The Morgan fingerprint density at radius 1 is 0.963 bits per heavy atom.